The second kappa shape index (κ2) is 5.16. The number of carbonyl (C=O) groups is 1. The maximum Gasteiger partial charge on any atom is 0.136 e. The molecule has 1 unspecified atom stereocenters. The second-order valence-electron chi connectivity index (χ2n) is 3.46. The topological polar surface area (TPSA) is 50.1 Å². The molecule has 0 aliphatic carbocycles. The molecule has 1 atom stereocenters. The first-order valence-corrected chi connectivity index (χ1v) is 4.73. The van der Waals surface area contributed by atoms with Gasteiger partial charge in [-0.05, 0) is 24.1 Å². The average molecular weight is 203 g/mol. The summed E-state index contributed by atoms with van der Waals surface area (Å²) in [7, 11) is 1.53. The molecule has 0 radical (unpaired) electrons. The van der Waals surface area contributed by atoms with Crippen LogP contribution in [0.4, 0.5) is 0 Å². The number of aldehydes is 1. The second-order valence-corrected chi connectivity index (χ2v) is 3.46. The molecule has 0 amide bonds. The Morgan fingerprint density at radius 3 is 2.87 bits per heavy atom. The van der Waals surface area contributed by atoms with E-state index in [-0.39, 0.29) is 5.92 Å². The molecule has 0 saturated carbocycles. The largest absolute Gasteiger partial charge is 0.495 e. The zero-order valence-electron chi connectivity index (χ0n) is 8.86. The Kier molecular flexibility index (Phi) is 3.87. The summed E-state index contributed by atoms with van der Waals surface area (Å²) in [5, 5.41) is 8.87. The van der Waals surface area contributed by atoms with Gasteiger partial charge in [0.1, 0.15) is 18.1 Å². The van der Waals surface area contributed by atoms with E-state index in [1.165, 1.54) is 7.11 Å². The molecule has 0 saturated heterocycles. The van der Waals surface area contributed by atoms with Gasteiger partial charge in [-0.25, -0.2) is 0 Å². The zero-order valence-corrected chi connectivity index (χ0v) is 8.86. The predicted molar refractivity (Wildman–Crippen MR) is 56.6 cm³/mol. The van der Waals surface area contributed by atoms with Crippen molar-refractivity contribution in [2.45, 2.75) is 13.3 Å². The fourth-order valence-electron chi connectivity index (χ4n) is 1.39. The third-order valence-corrected chi connectivity index (χ3v) is 2.17. The lowest BCUT2D eigenvalue weighted by Gasteiger charge is -2.07. The average Bonchev–Trinajstić information content (AvgIpc) is 2.28. The highest BCUT2D eigenvalue weighted by molar-refractivity contribution is 5.54. The molecular weight excluding hydrogens is 190 g/mol. The van der Waals surface area contributed by atoms with Gasteiger partial charge in [0.15, 0.2) is 0 Å². The fourth-order valence-corrected chi connectivity index (χ4v) is 1.39. The van der Waals surface area contributed by atoms with Crippen molar-refractivity contribution in [3.63, 3.8) is 0 Å². The highest BCUT2D eigenvalue weighted by atomic mass is 16.5. The Balaban J connectivity index is 2.94. The minimum absolute atomic E-state index is 0.0232. The van der Waals surface area contributed by atoms with Crippen molar-refractivity contribution in [3.05, 3.63) is 29.3 Å². The first-order chi connectivity index (χ1) is 7.21. The van der Waals surface area contributed by atoms with Gasteiger partial charge < -0.3 is 9.53 Å². The number of ether oxygens (including phenoxy) is 1. The number of carbonyl (C=O) groups excluding carboxylic acids is 1. The number of nitriles is 1. The molecule has 3 nitrogen and oxygen atoms in total. The standard InChI is InChI=1S/C12H13NO2/c1-9(8-14)5-10-3-4-12(15-2)11(6-10)7-13/h3-4,6,8-9H,5H2,1-2H3. The van der Waals surface area contributed by atoms with Crippen LogP contribution < -0.4 is 4.74 Å². The molecule has 0 aliphatic heterocycles. The van der Waals surface area contributed by atoms with E-state index in [4.69, 9.17) is 10.00 Å². The molecule has 1 aromatic carbocycles. The summed E-state index contributed by atoms with van der Waals surface area (Å²) in [6.45, 7) is 1.85. The van der Waals surface area contributed by atoms with Crippen LogP contribution in [0.5, 0.6) is 5.75 Å². The van der Waals surface area contributed by atoms with Gasteiger partial charge in [-0.2, -0.15) is 5.26 Å². The highest BCUT2D eigenvalue weighted by Gasteiger charge is 2.06. The number of nitrogens with zero attached hydrogens (tertiary/aromatic N) is 1. The molecule has 0 spiro atoms. The van der Waals surface area contributed by atoms with Crippen molar-refractivity contribution in [1.29, 1.82) is 5.26 Å². The van der Waals surface area contributed by atoms with E-state index in [0.717, 1.165) is 11.8 Å². The van der Waals surface area contributed by atoms with Gasteiger partial charge in [0.2, 0.25) is 0 Å². The van der Waals surface area contributed by atoms with Crippen LogP contribution in [0.2, 0.25) is 0 Å². The quantitative estimate of drug-likeness (QED) is 0.703. The van der Waals surface area contributed by atoms with Crippen LogP contribution >= 0.6 is 0 Å². The van der Waals surface area contributed by atoms with Crippen LogP contribution in [0.3, 0.4) is 0 Å². The van der Waals surface area contributed by atoms with Gasteiger partial charge in [-0.1, -0.05) is 13.0 Å². The molecule has 15 heavy (non-hydrogen) atoms. The number of rotatable bonds is 4. The van der Waals surface area contributed by atoms with Crippen molar-refractivity contribution in [3.8, 4) is 11.8 Å². The molecule has 0 bridgehead atoms. The minimum Gasteiger partial charge on any atom is -0.495 e. The number of hydrogen-bond donors (Lipinski definition) is 0. The van der Waals surface area contributed by atoms with E-state index in [1.807, 2.05) is 13.0 Å². The number of hydrogen-bond acceptors (Lipinski definition) is 3. The van der Waals surface area contributed by atoms with Gasteiger partial charge in [-0.15, -0.1) is 0 Å². The SMILES string of the molecule is COc1ccc(CC(C)C=O)cc1C#N. The van der Waals surface area contributed by atoms with Crippen molar-refractivity contribution in [1.82, 2.24) is 0 Å². The van der Waals surface area contributed by atoms with Crippen LogP contribution in [0.25, 0.3) is 0 Å². The molecule has 0 aliphatic rings. The smallest absolute Gasteiger partial charge is 0.136 e. The van der Waals surface area contributed by atoms with Crippen LogP contribution in [-0.2, 0) is 11.2 Å². The van der Waals surface area contributed by atoms with Crippen LogP contribution in [0.1, 0.15) is 18.1 Å². The van der Waals surface area contributed by atoms with Gasteiger partial charge in [-0.3, -0.25) is 0 Å². The first kappa shape index (κ1) is 11.3. The Morgan fingerprint density at radius 2 is 2.33 bits per heavy atom. The lowest BCUT2D eigenvalue weighted by Crippen LogP contribution is -2.01. The zero-order chi connectivity index (χ0) is 11.3. The van der Waals surface area contributed by atoms with E-state index in [2.05, 4.69) is 6.07 Å². The summed E-state index contributed by atoms with van der Waals surface area (Å²) < 4.78 is 5.03. The van der Waals surface area contributed by atoms with E-state index in [1.54, 1.807) is 12.1 Å². The van der Waals surface area contributed by atoms with Gasteiger partial charge >= 0.3 is 0 Å². The lowest BCUT2D eigenvalue weighted by atomic mass is 10.0. The molecule has 3 heteroatoms. The first-order valence-electron chi connectivity index (χ1n) is 4.73. The van der Waals surface area contributed by atoms with Gasteiger partial charge in [0.25, 0.3) is 0 Å². The minimum atomic E-state index is -0.0232. The molecule has 1 aromatic rings. The molecule has 0 fully saturated rings. The van der Waals surface area contributed by atoms with Crippen molar-refractivity contribution >= 4 is 6.29 Å². The molecule has 0 heterocycles. The van der Waals surface area contributed by atoms with Crippen molar-refractivity contribution in [2.75, 3.05) is 7.11 Å². The third-order valence-electron chi connectivity index (χ3n) is 2.17. The molecule has 78 valence electrons. The van der Waals surface area contributed by atoms with Crippen LogP contribution in [0.15, 0.2) is 18.2 Å². The molecular formula is C12H13NO2. The Labute approximate surface area is 89.3 Å². The highest BCUT2D eigenvalue weighted by Crippen LogP contribution is 2.20. The summed E-state index contributed by atoms with van der Waals surface area (Å²) in [4.78, 5) is 10.5. The van der Waals surface area contributed by atoms with Gasteiger partial charge in [0, 0.05) is 5.92 Å². The summed E-state index contributed by atoms with van der Waals surface area (Å²) in [6.07, 6.45) is 1.57. The Bertz CT molecular complexity index is 393. The van der Waals surface area contributed by atoms with E-state index in [0.29, 0.717) is 17.7 Å². The summed E-state index contributed by atoms with van der Waals surface area (Å²) in [5.74, 6) is 0.546. The van der Waals surface area contributed by atoms with Crippen LogP contribution in [0, 0.1) is 17.2 Å². The molecule has 0 N–H and O–H groups in total. The van der Waals surface area contributed by atoms with Crippen molar-refractivity contribution in [2.24, 2.45) is 5.92 Å². The molecule has 0 aromatic heterocycles. The maximum absolute atomic E-state index is 10.5. The summed E-state index contributed by atoms with van der Waals surface area (Å²) >= 11 is 0. The van der Waals surface area contributed by atoms with Crippen molar-refractivity contribution < 1.29 is 9.53 Å². The third kappa shape index (κ3) is 2.81. The van der Waals surface area contributed by atoms with E-state index >= 15 is 0 Å². The maximum atomic E-state index is 10.5. The molecule has 1 rings (SSSR count). The summed E-state index contributed by atoms with van der Waals surface area (Å²) in [6, 6.07) is 7.46. The Morgan fingerprint density at radius 1 is 1.60 bits per heavy atom. The predicted octanol–water partition coefficient (Wildman–Crippen LogP) is 1.94. The fraction of sp³-hybridized carbons (Fsp3) is 0.333. The lowest BCUT2D eigenvalue weighted by molar-refractivity contribution is -0.110. The number of methoxy groups -OCH3 is 1. The van der Waals surface area contributed by atoms with E-state index < -0.39 is 0 Å². The normalized spacial score (nSPS) is 11.5. The monoisotopic (exact) mass is 203 g/mol. The number of benzene rings is 1. The summed E-state index contributed by atoms with van der Waals surface area (Å²) in [5.41, 5.74) is 1.49. The van der Waals surface area contributed by atoms with Crippen LogP contribution in [-0.4, -0.2) is 13.4 Å². The van der Waals surface area contributed by atoms with Gasteiger partial charge in [0.05, 0.1) is 12.7 Å². The Hall–Kier alpha value is -1.82. The van der Waals surface area contributed by atoms with E-state index in [9.17, 15) is 4.79 Å².